The number of carbonyl (C=O) groups excluding carboxylic acids is 2. The molecule has 0 radical (unpaired) electrons. The summed E-state index contributed by atoms with van der Waals surface area (Å²) in [6.45, 7) is 5.96. The van der Waals surface area contributed by atoms with Gasteiger partial charge >= 0.3 is 5.97 Å². The first-order valence-electron chi connectivity index (χ1n) is 14.8. The van der Waals surface area contributed by atoms with E-state index in [1.54, 1.807) is 7.11 Å². The molecule has 7 heteroatoms. The van der Waals surface area contributed by atoms with Crippen molar-refractivity contribution in [3.63, 3.8) is 0 Å². The SMILES string of the molecule is CCOCC(=O)[C@]1(OC(C)=O)CCC2C3CCC4=C/C(=N/OC)CCC4=C3C(c3ccc(N(C)C)cc3)C[C@@]21C. The lowest BCUT2D eigenvalue weighted by Crippen LogP contribution is -2.58. The Balaban J connectivity index is 1.66. The van der Waals surface area contributed by atoms with Gasteiger partial charge in [-0.25, -0.2) is 0 Å². The van der Waals surface area contributed by atoms with Gasteiger partial charge in [-0.2, -0.15) is 0 Å². The summed E-state index contributed by atoms with van der Waals surface area (Å²) in [5, 5.41) is 4.25. The Morgan fingerprint density at radius 3 is 2.50 bits per heavy atom. The van der Waals surface area contributed by atoms with Gasteiger partial charge in [-0.1, -0.05) is 29.8 Å². The van der Waals surface area contributed by atoms with Crippen LogP contribution in [0.5, 0.6) is 0 Å². The summed E-state index contributed by atoms with van der Waals surface area (Å²) in [6, 6.07) is 8.86. The van der Waals surface area contributed by atoms with Gasteiger partial charge in [0.25, 0.3) is 0 Å². The molecule has 0 aliphatic heterocycles. The Kier molecular flexibility index (Phi) is 7.97. The monoisotopic (exact) mass is 548 g/mol. The van der Waals surface area contributed by atoms with E-state index in [1.165, 1.54) is 29.2 Å². The van der Waals surface area contributed by atoms with Crippen molar-refractivity contribution < 1.29 is 23.9 Å². The van der Waals surface area contributed by atoms with Crippen molar-refractivity contribution in [3.05, 3.63) is 52.6 Å². The van der Waals surface area contributed by atoms with Crippen molar-refractivity contribution in [2.75, 3.05) is 39.3 Å². The third kappa shape index (κ3) is 4.70. The minimum absolute atomic E-state index is 0.0264. The first-order chi connectivity index (χ1) is 19.1. The molecule has 7 nitrogen and oxygen atoms in total. The smallest absolute Gasteiger partial charge is 0.303 e. The first-order valence-corrected chi connectivity index (χ1v) is 14.8. The van der Waals surface area contributed by atoms with Gasteiger partial charge in [-0.05, 0) is 98.6 Å². The van der Waals surface area contributed by atoms with Crippen molar-refractivity contribution in [1.82, 2.24) is 0 Å². The number of benzene rings is 1. The number of anilines is 1. The maximum atomic E-state index is 13.9. The molecule has 0 aromatic heterocycles. The zero-order chi connectivity index (χ0) is 28.7. The highest BCUT2D eigenvalue weighted by molar-refractivity contribution is 5.97. The number of ether oxygens (including phenoxy) is 2. The lowest BCUT2D eigenvalue weighted by atomic mass is 9.50. The van der Waals surface area contributed by atoms with Gasteiger partial charge in [0.1, 0.15) is 13.7 Å². The number of Topliss-reactive ketones (excluding diaryl/α,β-unsaturated/α-hetero) is 1. The van der Waals surface area contributed by atoms with Gasteiger partial charge in [-0.3, -0.25) is 9.59 Å². The molecule has 0 N–H and O–H groups in total. The van der Waals surface area contributed by atoms with Crippen LogP contribution in [0.1, 0.15) is 77.2 Å². The summed E-state index contributed by atoms with van der Waals surface area (Å²) in [5.74, 6) is 0.237. The lowest BCUT2D eigenvalue weighted by Gasteiger charge is -2.55. The molecule has 2 saturated carbocycles. The van der Waals surface area contributed by atoms with Crippen LogP contribution in [0.15, 0.2) is 52.2 Å². The van der Waals surface area contributed by atoms with Gasteiger partial charge in [-0.15, -0.1) is 0 Å². The molecule has 40 heavy (non-hydrogen) atoms. The van der Waals surface area contributed by atoms with E-state index in [4.69, 9.17) is 14.3 Å². The summed E-state index contributed by atoms with van der Waals surface area (Å²) in [7, 11) is 5.71. The predicted molar refractivity (Wildman–Crippen MR) is 156 cm³/mol. The molecule has 5 rings (SSSR count). The molecule has 2 fully saturated rings. The van der Waals surface area contributed by atoms with Crippen molar-refractivity contribution in [2.45, 2.75) is 77.2 Å². The highest BCUT2D eigenvalue weighted by Gasteiger charge is 2.68. The number of esters is 1. The zero-order valence-corrected chi connectivity index (χ0v) is 24.9. The number of ketones is 1. The molecule has 0 heterocycles. The van der Waals surface area contributed by atoms with Crippen LogP contribution in [0.3, 0.4) is 0 Å². The number of hydrogen-bond acceptors (Lipinski definition) is 7. The van der Waals surface area contributed by atoms with E-state index in [1.807, 2.05) is 6.92 Å². The average molecular weight is 549 g/mol. The molecular weight excluding hydrogens is 504 g/mol. The molecule has 4 aliphatic carbocycles. The van der Waals surface area contributed by atoms with E-state index >= 15 is 0 Å². The van der Waals surface area contributed by atoms with Crippen LogP contribution in [0.2, 0.25) is 0 Å². The first kappa shape index (κ1) is 28.6. The number of allylic oxidation sites excluding steroid dienone is 4. The molecule has 0 spiro atoms. The summed E-state index contributed by atoms with van der Waals surface area (Å²) in [5.41, 5.74) is 6.14. The molecule has 1 aromatic carbocycles. The van der Waals surface area contributed by atoms with E-state index < -0.39 is 17.0 Å². The number of hydrogen-bond donors (Lipinski definition) is 0. The van der Waals surface area contributed by atoms with Crippen LogP contribution < -0.4 is 4.90 Å². The minimum Gasteiger partial charge on any atom is -0.451 e. The van der Waals surface area contributed by atoms with Crippen LogP contribution in [0, 0.1) is 17.3 Å². The van der Waals surface area contributed by atoms with Crippen molar-refractivity contribution in [1.29, 1.82) is 0 Å². The number of rotatable bonds is 8. The van der Waals surface area contributed by atoms with Crippen LogP contribution in [0.25, 0.3) is 0 Å². The summed E-state index contributed by atoms with van der Waals surface area (Å²) >= 11 is 0. The van der Waals surface area contributed by atoms with Gasteiger partial charge in [0.05, 0.1) is 5.71 Å². The van der Waals surface area contributed by atoms with Gasteiger partial charge in [0, 0.05) is 44.6 Å². The van der Waals surface area contributed by atoms with E-state index in [0.717, 1.165) is 49.9 Å². The Morgan fingerprint density at radius 1 is 1.10 bits per heavy atom. The van der Waals surface area contributed by atoms with Gasteiger partial charge in [0.15, 0.2) is 5.60 Å². The normalized spacial score (nSPS) is 32.1. The Labute approximate surface area is 238 Å². The van der Waals surface area contributed by atoms with Gasteiger partial charge < -0.3 is 19.2 Å². The average Bonchev–Trinajstić information content (AvgIpc) is 3.23. The molecule has 0 amide bonds. The Bertz CT molecular complexity index is 1250. The lowest BCUT2D eigenvalue weighted by molar-refractivity contribution is -0.185. The zero-order valence-electron chi connectivity index (χ0n) is 24.9. The number of oxime groups is 1. The largest absolute Gasteiger partial charge is 0.451 e. The van der Waals surface area contributed by atoms with E-state index in [2.05, 4.69) is 61.4 Å². The molecule has 216 valence electrons. The van der Waals surface area contributed by atoms with Crippen LogP contribution in [-0.2, 0) is 23.9 Å². The second-order valence-electron chi connectivity index (χ2n) is 12.3. The molecule has 5 atom stereocenters. The maximum absolute atomic E-state index is 13.9. The van der Waals surface area contributed by atoms with E-state index in [-0.39, 0.29) is 24.2 Å². The quantitative estimate of drug-likeness (QED) is 0.293. The second kappa shape index (κ2) is 11.2. The third-order valence-electron chi connectivity index (χ3n) is 10.1. The van der Waals surface area contributed by atoms with Crippen molar-refractivity contribution in [2.24, 2.45) is 22.4 Å². The molecule has 0 saturated heterocycles. The highest BCUT2D eigenvalue weighted by Crippen LogP contribution is 2.67. The predicted octanol–water partition coefficient (Wildman–Crippen LogP) is 5.99. The van der Waals surface area contributed by atoms with Crippen LogP contribution >= 0.6 is 0 Å². The number of carbonyl (C=O) groups is 2. The number of fused-ring (bicyclic) bond motifs is 4. The Morgan fingerprint density at radius 2 is 1.85 bits per heavy atom. The molecular formula is C33H44N2O5. The fourth-order valence-electron chi connectivity index (χ4n) is 8.39. The molecule has 3 unspecified atom stereocenters. The molecule has 1 aromatic rings. The van der Waals surface area contributed by atoms with Crippen LogP contribution in [0.4, 0.5) is 5.69 Å². The topological polar surface area (TPSA) is 77.4 Å². The van der Waals surface area contributed by atoms with Crippen molar-refractivity contribution in [3.8, 4) is 0 Å². The standard InChI is InChI=1S/C33H44N2O5/c1-7-39-20-30(37)33(40-21(2)36)17-16-29-27-14-10-23-18-24(34-38-6)11-15-26(23)31(27)28(19-32(29,33)3)22-8-12-25(13-9-22)35(4)5/h8-9,12-13,18,27-29H,7,10-11,14-17,19-20H2,1-6H3/b34-24+/t27?,28?,29?,32-,33+/m0/s1. The Hall–Kier alpha value is -2.93. The maximum Gasteiger partial charge on any atom is 0.303 e. The van der Waals surface area contributed by atoms with Crippen molar-refractivity contribution >= 4 is 23.2 Å². The summed E-state index contributed by atoms with van der Waals surface area (Å²) < 4.78 is 11.8. The fourth-order valence-corrected chi connectivity index (χ4v) is 8.39. The van der Waals surface area contributed by atoms with E-state index in [0.29, 0.717) is 18.9 Å². The highest BCUT2D eigenvalue weighted by atomic mass is 16.6. The third-order valence-corrected chi connectivity index (χ3v) is 10.1. The molecule has 0 bridgehead atoms. The molecule has 4 aliphatic rings. The van der Waals surface area contributed by atoms with E-state index in [9.17, 15) is 9.59 Å². The minimum atomic E-state index is -1.17. The summed E-state index contributed by atoms with van der Waals surface area (Å²) in [6.07, 6.45) is 8.23. The second-order valence-corrected chi connectivity index (χ2v) is 12.3. The van der Waals surface area contributed by atoms with Gasteiger partial charge in [0.2, 0.25) is 5.78 Å². The fraction of sp³-hybridized carbons (Fsp3) is 0.606. The summed E-state index contributed by atoms with van der Waals surface area (Å²) in [4.78, 5) is 33.7. The number of nitrogens with zero attached hydrogens (tertiary/aromatic N) is 2. The van der Waals surface area contributed by atoms with Crippen LogP contribution in [-0.4, -0.2) is 57.5 Å².